The number of aryl methyl sites for hydroxylation is 4. The summed E-state index contributed by atoms with van der Waals surface area (Å²) in [6, 6.07) is 43.2. The normalized spacial score (nSPS) is 11.2. The van der Waals surface area contributed by atoms with Gasteiger partial charge in [-0.25, -0.2) is 18.3 Å². The Morgan fingerprint density at radius 3 is 1.12 bits per heavy atom. The van der Waals surface area contributed by atoms with E-state index in [4.69, 9.17) is 9.47 Å². The van der Waals surface area contributed by atoms with Gasteiger partial charge in [-0.2, -0.15) is 0 Å². The van der Waals surface area contributed by atoms with Crippen molar-refractivity contribution in [1.29, 1.82) is 0 Å². The largest absolute Gasteiger partial charge is 0.493 e. The highest BCUT2D eigenvalue weighted by atomic mass is 16.5. The van der Waals surface area contributed by atoms with E-state index in [1.165, 1.54) is 43.8 Å². The Hall–Kier alpha value is -6.40. The molecule has 0 aliphatic heterocycles. The highest BCUT2D eigenvalue weighted by molar-refractivity contribution is 6.09. The van der Waals surface area contributed by atoms with Gasteiger partial charge in [-0.3, -0.25) is 0 Å². The van der Waals surface area contributed by atoms with E-state index in [1.807, 2.05) is 14.1 Å². The number of benzene rings is 4. The molecule has 4 aromatic heterocycles. The van der Waals surface area contributed by atoms with E-state index in [1.54, 1.807) is 0 Å². The number of unbranched alkanes of at least 4 members (excludes halogenated alkanes) is 2. The number of pyridine rings is 4. The highest BCUT2D eigenvalue weighted by Gasteiger charge is 2.19. The van der Waals surface area contributed by atoms with Crippen molar-refractivity contribution in [2.75, 3.05) is 13.2 Å². The van der Waals surface area contributed by atoms with Crippen molar-refractivity contribution < 1.29 is 27.7 Å². The molecule has 4 aromatic carbocycles. The summed E-state index contributed by atoms with van der Waals surface area (Å²) in [7, 11) is 4.08. The number of ether oxygens (including phenoxy) is 2. The van der Waals surface area contributed by atoms with Crippen LogP contribution >= 0.6 is 0 Å². The summed E-state index contributed by atoms with van der Waals surface area (Å²) < 4.78 is 22.0. The molecule has 0 saturated carbocycles. The number of hydrogen-bond acceptors (Lipinski definition) is 2. The molecule has 0 unspecified atom stereocenters. The van der Waals surface area contributed by atoms with Gasteiger partial charge in [-0.05, 0) is 68.8 Å². The number of aromatic nitrogens is 4. The van der Waals surface area contributed by atoms with Crippen molar-refractivity contribution in [1.82, 2.24) is 0 Å². The van der Waals surface area contributed by atoms with Crippen molar-refractivity contribution in [3.63, 3.8) is 0 Å². The Morgan fingerprint density at radius 1 is 0.375 bits per heavy atom. The van der Waals surface area contributed by atoms with Gasteiger partial charge in [0.25, 0.3) is 0 Å². The van der Waals surface area contributed by atoms with E-state index < -0.39 is 0 Å². The van der Waals surface area contributed by atoms with Crippen LogP contribution in [0.25, 0.3) is 54.9 Å². The highest BCUT2D eigenvalue weighted by Crippen LogP contribution is 2.45. The van der Waals surface area contributed by atoms with Gasteiger partial charge in [0.15, 0.2) is 49.6 Å². The van der Waals surface area contributed by atoms with Gasteiger partial charge in [0, 0.05) is 72.5 Å². The SMILES string of the molecule is C[n+]1ccc(-c2cc[n+](CCCCOc3ccc4ccccc4c3-c3c(OCCCC[n+]4ccc(-c5cc[n+](C)cc5)cc4)ccc4ccccc34)cc2)cc1. The third-order valence-corrected chi connectivity index (χ3v) is 10.6. The lowest BCUT2D eigenvalue weighted by molar-refractivity contribution is -0.697. The summed E-state index contributed by atoms with van der Waals surface area (Å²) in [4.78, 5) is 0. The van der Waals surface area contributed by atoms with Crippen LogP contribution in [0.5, 0.6) is 11.5 Å². The number of rotatable bonds is 15. The summed E-state index contributed by atoms with van der Waals surface area (Å²) in [5, 5.41) is 4.70. The van der Waals surface area contributed by atoms with Gasteiger partial charge < -0.3 is 9.47 Å². The van der Waals surface area contributed by atoms with Crippen LogP contribution < -0.4 is 27.7 Å². The topological polar surface area (TPSA) is 34.0 Å². The minimum atomic E-state index is 0.634. The van der Waals surface area contributed by atoms with E-state index in [-0.39, 0.29) is 0 Å². The molecule has 4 heterocycles. The molecule has 0 bridgehead atoms. The molecule has 6 nitrogen and oxygen atoms in total. The third-order valence-electron chi connectivity index (χ3n) is 10.6. The Balaban J connectivity index is 0.946. The van der Waals surface area contributed by atoms with Gasteiger partial charge in [-0.1, -0.05) is 60.7 Å². The molecule has 6 heteroatoms. The van der Waals surface area contributed by atoms with Crippen LogP contribution in [-0.4, -0.2) is 13.2 Å². The molecule has 0 spiro atoms. The maximum absolute atomic E-state index is 6.69. The lowest BCUT2D eigenvalue weighted by Gasteiger charge is -2.20. The predicted octanol–water partition coefficient (Wildman–Crippen LogP) is 8.94. The van der Waals surface area contributed by atoms with Crippen LogP contribution in [-0.2, 0) is 27.2 Å². The Kier molecular flexibility index (Phi) is 11.3. The molecule has 0 aliphatic carbocycles. The maximum atomic E-state index is 6.69. The molecular weight excluding hydrogens is 689 g/mol. The zero-order valence-electron chi connectivity index (χ0n) is 32.4. The molecule has 0 fully saturated rings. The number of nitrogens with zero attached hydrogens (tertiary/aromatic N) is 4. The van der Waals surface area contributed by atoms with Gasteiger partial charge in [0.2, 0.25) is 0 Å². The van der Waals surface area contributed by atoms with E-state index in [2.05, 4.69) is 189 Å². The average Bonchev–Trinajstić information content (AvgIpc) is 3.24. The summed E-state index contributed by atoms with van der Waals surface area (Å²) in [6.45, 7) is 3.15. The maximum Gasteiger partial charge on any atom is 0.169 e. The van der Waals surface area contributed by atoms with Crippen molar-refractivity contribution >= 4 is 21.5 Å². The fourth-order valence-corrected chi connectivity index (χ4v) is 7.40. The first kappa shape index (κ1) is 36.6. The fraction of sp³-hybridized carbons (Fsp3) is 0.200. The molecule has 278 valence electrons. The molecule has 0 aliphatic rings. The first-order chi connectivity index (χ1) is 27.6. The molecule has 0 saturated heterocycles. The summed E-state index contributed by atoms with van der Waals surface area (Å²) in [5.41, 5.74) is 7.09. The smallest absolute Gasteiger partial charge is 0.169 e. The van der Waals surface area contributed by atoms with E-state index >= 15 is 0 Å². The summed E-state index contributed by atoms with van der Waals surface area (Å²) in [5.74, 6) is 1.78. The molecule has 56 heavy (non-hydrogen) atoms. The third kappa shape index (κ3) is 8.61. The van der Waals surface area contributed by atoms with Gasteiger partial charge in [0.1, 0.15) is 38.7 Å². The fourth-order valence-electron chi connectivity index (χ4n) is 7.40. The zero-order chi connectivity index (χ0) is 38.1. The number of fused-ring (bicyclic) bond motifs is 2. The second-order valence-electron chi connectivity index (χ2n) is 14.6. The van der Waals surface area contributed by atoms with Gasteiger partial charge >= 0.3 is 0 Å². The first-order valence-electron chi connectivity index (χ1n) is 19.8. The van der Waals surface area contributed by atoms with Crippen LogP contribution in [0.2, 0.25) is 0 Å². The molecule has 0 amide bonds. The molecule has 0 radical (unpaired) electrons. The molecule has 8 rings (SSSR count). The van der Waals surface area contributed by atoms with Crippen LogP contribution in [0.3, 0.4) is 0 Å². The second-order valence-corrected chi connectivity index (χ2v) is 14.6. The van der Waals surface area contributed by atoms with Crippen molar-refractivity contribution in [2.45, 2.75) is 38.8 Å². The minimum absolute atomic E-state index is 0.634. The monoisotopic (exact) mass is 738 g/mol. The standard InChI is InChI=1S/C50H50N4O2/c1-51-29-19-39(20-30-51)41-23-33-53(34-24-41)27-7-9-37-55-47-17-15-43-11-3-5-13-45(43)49(47)50-46-14-6-4-12-44(46)16-18-48(50)56-38-10-8-28-54-35-25-42(26-36-54)40-21-31-52(2)32-22-40/h3-6,11-26,29-36H,7-10,27-28,37-38H2,1-2H3/q+4. The van der Waals surface area contributed by atoms with Crippen molar-refractivity contribution in [3.8, 4) is 44.9 Å². The van der Waals surface area contributed by atoms with E-state index in [0.717, 1.165) is 61.4 Å². The van der Waals surface area contributed by atoms with Crippen molar-refractivity contribution in [3.05, 3.63) is 171 Å². The van der Waals surface area contributed by atoms with Gasteiger partial charge in [0.05, 0.1) is 13.2 Å². The van der Waals surface area contributed by atoms with E-state index in [9.17, 15) is 0 Å². The lowest BCUT2D eigenvalue weighted by atomic mass is 9.92. The quantitative estimate of drug-likeness (QED) is 0.0778. The molecule has 8 aromatic rings. The van der Waals surface area contributed by atoms with Crippen LogP contribution in [0, 0.1) is 0 Å². The lowest BCUT2D eigenvalue weighted by Crippen LogP contribution is -2.32. The Labute approximate surface area is 330 Å². The molecule has 0 N–H and O–H groups in total. The molecular formula is C50H50N4O2+4. The zero-order valence-corrected chi connectivity index (χ0v) is 32.4. The average molecular weight is 739 g/mol. The number of hydrogen-bond donors (Lipinski definition) is 0. The minimum Gasteiger partial charge on any atom is -0.493 e. The van der Waals surface area contributed by atoms with Crippen LogP contribution in [0.4, 0.5) is 0 Å². The van der Waals surface area contributed by atoms with Crippen molar-refractivity contribution in [2.24, 2.45) is 14.1 Å². The first-order valence-corrected chi connectivity index (χ1v) is 19.8. The Bertz CT molecular complexity index is 2350. The van der Waals surface area contributed by atoms with E-state index in [0.29, 0.717) is 13.2 Å². The van der Waals surface area contributed by atoms with Crippen LogP contribution in [0.15, 0.2) is 171 Å². The molecule has 0 atom stereocenters. The van der Waals surface area contributed by atoms with Gasteiger partial charge in [-0.15, -0.1) is 0 Å². The van der Waals surface area contributed by atoms with Crippen LogP contribution in [0.1, 0.15) is 25.7 Å². The Morgan fingerprint density at radius 2 is 0.732 bits per heavy atom. The summed E-state index contributed by atoms with van der Waals surface area (Å²) >= 11 is 0. The predicted molar refractivity (Wildman–Crippen MR) is 223 cm³/mol. The summed E-state index contributed by atoms with van der Waals surface area (Å²) in [6.07, 6.45) is 21.0. The second kappa shape index (κ2) is 17.4.